The van der Waals surface area contributed by atoms with Gasteiger partial charge in [-0.25, -0.2) is 9.97 Å². The van der Waals surface area contributed by atoms with Gasteiger partial charge in [-0.05, 0) is 83.9 Å². The maximum absolute atomic E-state index is 11.0. The van der Waals surface area contributed by atoms with E-state index in [-0.39, 0.29) is 22.8 Å². The summed E-state index contributed by atoms with van der Waals surface area (Å²) in [6.45, 7) is 0. The van der Waals surface area contributed by atoms with Gasteiger partial charge in [0.2, 0.25) is 0 Å². The molecule has 0 saturated carbocycles. The monoisotopic (exact) mass is 992 g/mol. The summed E-state index contributed by atoms with van der Waals surface area (Å²) in [4.78, 5) is 9.12. The third-order valence-corrected chi connectivity index (χ3v) is 15.3. The average Bonchev–Trinajstić information content (AvgIpc) is 4.37. The molecule has 0 spiro atoms. The SMILES string of the molecule is N#Cc1cc(-c2c(-n3c4ccccc4c4ccccc43)c(-c3cc(C#N)nc(C#N)c3)c(-n3c4ccccc4c4ccccc43)c(-n3c4ccccc4c4ccccc43)c2-n2c3ccccc3c3ccccc32)cc(C#N)n1. The lowest BCUT2D eigenvalue weighted by atomic mass is 9.89. The van der Waals surface area contributed by atoms with Crippen LogP contribution in [-0.4, -0.2) is 28.2 Å². The third kappa shape index (κ3) is 6.21. The smallest absolute Gasteiger partial charge is 0.142 e. The summed E-state index contributed by atoms with van der Waals surface area (Å²) >= 11 is 0. The van der Waals surface area contributed by atoms with Crippen LogP contribution in [0.15, 0.2) is 218 Å². The summed E-state index contributed by atoms with van der Waals surface area (Å²) in [5, 5.41) is 51.9. The van der Waals surface area contributed by atoms with Crippen LogP contribution in [0.5, 0.6) is 0 Å². The first-order chi connectivity index (χ1) is 38.6. The Balaban J connectivity index is 1.38. The Bertz CT molecular complexity index is 4790. The van der Waals surface area contributed by atoms with Gasteiger partial charge < -0.3 is 18.3 Å². The quantitative estimate of drug-likeness (QED) is 0.162. The van der Waals surface area contributed by atoms with Crippen molar-refractivity contribution < 1.29 is 0 Å². The summed E-state index contributed by atoms with van der Waals surface area (Å²) in [7, 11) is 0. The van der Waals surface area contributed by atoms with Crippen molar-refractivity contribution >= 4 is 87.2 Å². The predicted octanol–water partition coefficient (Wildman–Crippen LogP) is 15.7. The molecular formula is C68H36N10. The second kappa shape index (κ2) is 17.0. The number of hydrogen-bond donors (Lipinski definition) is 0. The van der Waals surface area contributed by atoms with Gasteiger partial charge in [-0.3, -0.25) is 0 Å². The third-order valence-electron chi connectivity index (χ3n) is 15.3. The van der Waals surface area contributed by atoms with Crippen molar-refractivity contribution in [2.24, 2.45) is 0 Å². The van der Waals surface area contributed by atoms with Gasteiger partial charge in [0.05, 0.1) is 66.9 Å². The summed E-state index contributed by atoms with van der Waals surface area (Å²) in [6, 6.07) is 83.6. The fourth-order valence-electron chi connectivity index (χ4n) is 12.3. The van der Waals surface area contributed by atoms with Crippen molar-refractivity contribution in [1.29, 1.82) is 21.0 Å². The molecule has 0 unspecified atom stereocenters. The summed E-state index contributed by atoms with van der Waals surface area (Å²) < 4.78 is 9.35. The second-order valence-electron chi connectivity index (χ2n) is 19.3. The standard InChI is InChI=1S/C68H36N10/c69-37-43-33-41(34-44(38-70)73-43)63-65(75-55-25-9-1-17-47(55)48-18-2-10-26-56(48)75)64(42-35-45(39-71)74-46(36-42)40-72)67(77-59-29-13-5-21-51(59)52-22-6-14-30-60(52)77)68(78-61-31-15-7-23-53(61)54-24-8-16-32-62(54)78)66(63)76-57-27-11-3-19-49(57)50-20-4-12-28-58(50)76/h1-36H. The van der Waals surface area contributed by atoms with E-state index in [9.17, 15) is 21.0 Å². The Labute approximate surface area is 444 Å². The van der Waals surface area contributed by atoms with Gasteiger partial charge in [-0.15, -0.1) is 0 Å². The highest BCUT2D eigenvalue weighted by Crippen LogP contribution is 2.54. The van der Waals surface area contributed by atoms with E-state index in [4.69, 9.17) is 0 Å². The highest BCUT2D eigenvalue weighted by molar-refractivity contribution is 6.18. The van der Waals surface area contributed by atoms with E-state index in [0.717, 1.165) is 104 Å². The Morgan fingerprint density at radius 1 is 0.244 bits per heavy atom. The van der Waals surface area contributed by atoms with Crippen LogP contribution in [0.1, 0.15) is 22.8 Å². The van der Waals surface area contributed by atoms with Crippen LogP contribution in [0, 0.1) is 45.3 Å². The molecule has 0 aliphatic carbocycles. The zero-order valence-corrected chi connectivity index (χ0v) is 41.3. The normalized spacial score (nSPS) is 11.5. The van der Waals surface area contributed by atoms with Gasteiger partial charge in [0, 0.05) is 54.2 Å². The minimum Gasteiger partial charge on any atom is -0.308 e. The molecule has 10 nitrogen and oxygen atoms in total. The maximum Gasteiger partial charge on any atom is 0.142 e. The number of nitriles is 4. The molecule has 0 N–H and O–H groups in total. The van der Waals surface area contributed by atoms with Gasteiger partial charge in [-0.2, -0.15) is 21.0 Å². The molecule has 358 valence electrons. The number of fused-ring (bicyclic) bond motifs is 12. The summed E-state index contributed by atoms with van der Waals surface area (Å²) in [6.07, 6.45) is 0. The molecule has 0 radical (unpaired) electrons. The molecule has 0 bridgehead atoms. The zero-order valence-electron chi connectivity index (χ0n) is 41.3. The topological polar surface area (TPSA) is 141 Å². The minimum atomic E-state index is 0.0549. The van der Waals surface area contributed by atoms with Crippen LogP contribution in [0.3, 0.4) is 0 Å². The fourth-order valence-corrected chi connectivity index (χ4v) is 12.3. The highest BCUT2D eigenvalue weighted by Gasteiger charge is 2.36. The summed E-state index contributed by atoms with van der Waals surface area (Å²) in [5.41, 5.74) is 12.7. The first-order valence-electron chi connectivity index (χ1n) is 25.4. The molecule has 15 aromatic rings. The van der Waals surface area contributed by atoms with Gasteiger partial charge in [-0.1, -0.05) is 146 Å². The molecule has 0 amide bonds. The van der Waals surface area contributed by atoms with E-state index >= 15 is 0 Å². The Morgan fingerprint density at radius 2 is 0.436 bits per heavy atom. The van der Waals surface area contributed by atoms with E-state index in [1.54, 1.807) is 24.3 Å². The van der Waals surface area contributed by atoms with Crippen molar-refractivity contribution in [2.45, 2.75) is 0 Å². The van der Waals surface area contributed by atoms with Crippen LogP contribution in [0.25, 0.3) is 132 Å². The number of aromatic nitrogens is 6. The number of hydrogen-bond acceptors (Lipinski definition) is 6. The first-order valence-corrected chi connectivity index (χ1v) is 25.4. The van der Waals surface area contributed by atoms with Crippen LogP contribution in [-0.2, 0) is 0 Å². The van der Waals surface area contributed by atoms with Gasteiger partial charge in [0.15, 0.2) is 0 Å². The number of benzene rings is 9. The molecule has 0 aliphatic rings. The Hall–Kier alpha value is -11.6. The van der Waals surface area contributed by atoms with Crippen molar-refractivity contribution in [1.82, 2.24) is 28.2 Å². The van der Waals surface area contributed by atoms with Gasteiger partial charge in [0.25, 0.3) is 0 Å². The maximum atomic E-state index is 11.0. The van der Waals surface area contributed by atoms with Crippen LogP contribution in [0.4, 0.5) is 0 Å². The lowest BCUT2D eigenvalue weighted by molar-refractivity contribution is 1.04. The second-order valence-corrected chi connectivity index (χ2v) is 19.3. The lowest BCUT2D eigenvalue weighted by Gasteiger charge is -2.31. The van der Waals surface area contributed by atoms with Crippen LogP contribution >= 0.6 is 0 Å². The van der Waals surface area contributed by atoms with Gasteiger partial charge >= 0.3 is 0 Å². The molecule has 0 saturated heterocycles. The van der Waals surface area contributed by atoms with Crippen molar-refractivity contribution in [3.05, 3.63) is 241 Å². The van der Waals surface area contributed by atoms with Crippen LogP contribution in [0.2, 0.25) is 0 Å². The van der Waals surface area contributed by atoms with E-state index in [1.165, 1.54) is 0 Å². The molecule has 9 aromatic carbocycles. The Morgan fingerprint density at radius 3 is 0.654 bits per heavy atom. The van der Waals surface area contributed by atoms with E-state index < -0.39 is 0 Å². The fraction of sp³-hybridized carbons (Fsp3) is 0. The molecule has 10 heteroatoms. The molecule has 15 rings (SSSR count). The molecule has 0 fully saturated rings. The van der Waals surface area contributed by atoms with E-state index in [0.29, 0.717) is 27.9 Å². The van der Waals surface area contributed by atoms with Crippen molar-refractivity contribution in [3.8, 4) is 69.3 Å². The molecule has 0 atom stereocenters. The molecule has 6 aromatic heterocycles. The summed E-state index contributed by atoms with van der Waals surface area (Å²) in [5.74, 6) is 0. The van der Waals surface area contributed by atoms with Crippen molar-refractivity contribution in [3.63, 3.8) is 0 Å². The number of nitrogens with zero attached hydrogens (tertiary/aromatic N) is 10. The largest absolute Gasteiger partial charge is 0.308 e. The highest BCUT2D eigenvalue weighted by atomic mass is 15.1. The zero-order chi connectivity index (χ0) is 52.2. The number of pyridine rings is 2. The average molecular weight is 993 g/mol. The molecule has 78 heavy (non-hydrogen) atoms. The molecular weight excluding hydrogens is 957 g/mol. The molecule has 0 aliphatic heterocycles. The number of para-hydroxylation sites is 8. The van der Waals surface area contributed by atoms with Crippen LogP contribution < -0.4 is 0 Å². The molecule has 6 heterocycles. The first kappa shape index (κ1) is 44.0. The van der Waals surface area contributed by atoms with Crippen molar-refractivity contribution in [2.75, 3.05) is 0 Å². The Kier molecular flexibility index (Phi) is 9.58. The number of rotatable bonds is 6. The minimum absolute atomic E-state index is 0.0549. The van der Waals surface area contributed by atoms with E-state index in [2.05, 4.69) is 222 Å². The predicted molar refractivity (Wildman–Crippen MR) is 309 cm³/mol. The van der Waals surface area contributed by atoms with Gasteiger partial charge in [0.1, 0.15) is 47.1 Å². The van der Waals surface area contributed by atoms with E-state index in [1.807, 2.05) is 24.3 Å². The lowest BCUT2D eigenvalue weighted by Crippen LogP contribution is -2.16.